The minimum absolute atomic E-state index is 0.605. The molecule has 0 saturated carbocycles. The van der Waals surface area contributed by atoms with Crippen LogP contribution in [0.1, 0.15) is 11.1 Å². The highest BCUT2D eigenvalue weighted by Gasteiger charge is 1.99. The van der Waals surface area contributed by atoms with E-state index >= 15 is 0 Å². The number of aryl methyl sites for hydroxylation is 1. The lowest BCUT2D eigenvalue weighted by atomic mass is 10.00. The van der Waals surface area contributed by atoms with Crippen molar-refractivity contribution in [2.24, 2.45) is 5.73 Å². The number of rotatable bonds is 2. The summed E-state index contributed by atoms with van der Waals surface area (Å²) in [6, 6.07) is 16.8. The van der Waals surface area contributed by atoms with E-state index in [1.807, 2.05) is 0 Å². The summed E-state index contributed by atoms with van der Waals surface area (Å²) in [6.07, 6.45) is 0. The molecule has 0 aliphatic rings. The lowest BCUT2D eigenvalue weighted by Crippen LogP contribution is -1.95. The molecule has 0 aliphatic carbocycles. The van der Waals surface area contributed by atoms with Crippen molar-refractivity contribution in [3.8, 4) is 11.1 Å². The van der Waals surface area contributed by atoms with E-state index in [0.717, 1.165) is 0 Å². The molecule has 0 unspecified atom stereocenters. The van der Waals surface area contributed by atoms with Gasteiger partial charge < -0.3 is 5.73 Å². The molecule has 2 aromatic carbocycles. The molecule has 2 rings (SSSR count). The molecule has 0 heterocycles. The zero-order chi connectivity index (χ0) is 10.7. The van der Waals surface area contributed by atoms with Crippen molar-refractivity contribution in [3.05, 3.63) is 59.7 Å². The normalized spacial score (nSPS) is 10.3. The average Bonchev–Trinajstić information content (AvgIpc) is 2.30. The molecule has 2 aromatic rings. The first kappa shape index (κ1) is 9.94. The Morgan fingerprint density at radius 2 is 1.60 bits per heavy atom. The Morgan fingerprint density at radius 3 is 2.20 bits per heavy atom. The Hall–Kier alpha value is -1.60. The lowest BCUT2D eigenvalue weighted by Gasteiger charge is -2.06. The van der Waals surface area contributed by atoms with E-state index in [2.05, 4.69) is 55.5 Å². The number of benzene rings is 2. The second-order valence-corrected chi connectivity index (χ2v) is 3.72. The van der Waals surface area contributed by atoms with Crippen LogP contribution in [0.3, 0.4) is 0 Å². The summed E-state index contributed by atoms with van der Waals surface area (Å²) >= 11 is 0. The average molecular weight is 197 g/mol. The van der Waals surface area contributed by atoms with Gasteiger partial charge in [-0.25, -0.2) is 0 Å². The molecule has 0 amide bonds. The quantitative estimate of drug-likeness (QED) is 0.786. The molecule has 0 aromatic heterocycles. The molecule has 1 heteroatoms. The monoisotopic (exact) mass is 197 g/mol. The summed E-state index contributed by atoms with van der Waals surface area (Å²) in [4.78, 5) is 0. The maximum atomic E-state index is 5.57. The fourth-order valence-corrected chi connectivity index (χ4v) is 1.72. The first-order valence-corrected chi connectivity index (χ1v) is 5.16. The second-order valence-electron chi connectivity index (χ2n) is 3.72. The third-order valence-corrected chi connectivity index (χ3v) is 2.65. The molecule has 0 fully saturated rings. The van der Waals surface area contributed by atoms with Gasteiger partial charge in [-0.2, -0.15) is 0 Å². The summed E-state index contributed by atoms with van der Waals surface area (Å²) in [7, 11) is 0. The van der Waals surface area contributed by atoms with Gasteiger partial charge in [0.05, 0.1) is 0 Å². The van der Waals surface area contributed by atoms with Crippen molar-refractivity contribution in [3.63, 3.8) is 0 Å². The van der Waals surface area contributed by atoms with E-state index in [1.165, 1.54) is 22.3 Å². The molecule has 0 spiro atoms. The lowest BCUT2D eigenvalue weighted by molar-refractivity contribution is 1.07. The SMILES string of the molecule is Cc1ccccc1-c1ccc(CN)cc1. The fraction of sp³-hybridized carbons (Fsp3) is 0.143. The van der Waals surface area contributed by atoms with Gasteiger partial charge in [0.25, 0.3) is 0 Å². The largest absolute Gasteiger partial charge is 0.326 e. The number of nitrogens with two attached hydrogens (primary N) is 1. The molecule has 0 saturated heterocycles. The summed E-state index contributed by atoms with van der Waals surface area (Å²) in [5, 5.41) is 0. The van der Waals surface area contributed by atoms with Gasteiger partial charge in [0.15, 0.2) is 0 Å². The standard InChI is InChI=1S/C14H15N/c1-11-4-2-3-5-14(11)13-8-6-12(10-15)7-9-13/h2-9H,10,15H2,1H3. The molecule has 1 nitrogen and oxygen atoms in total. The minimum atomic E-state index is 0.605. The highest BCUT2D eigenvalue weighted by molar-refractivity contribution is 5.67. The third kappa shape index (κ3) is 2.08. The molecule has 0 bridgehead atoms. The van der Waals surface area contributed by atoms with Crippen LogP contribution in [0.2, 0.25) is 0 Å². The molecular weight excluding hydrogens is 182 g/mol. The second kappa shape index (κ2) is 4.28. The van der Waals surface area contributed by atoms with Crippen LogP contribution < -0.4 is 5.73 Å². The molecule has 2 N–H and O–H groups in total. The zero-order valence-corrected chi connectivity index (χ0v) is 8.90. The Bertz CT molecular complexity index is 443. The van der Waals surface area contributed by atoms with Gasteiger partial charge in [0, 0.05) is 6.54 Å². The Kier molecular flexibility index (Phi) is 2.84. The van der Waals surface area contributed by atoms with E-state index in [9.17, 15) is 0 Å². The molecule has 76 valence electrons. The van der Waals surface area contributed by atoms with Crippen LogP contribution >= 0.6 is 0 Å². The predicted octanol–water partition coefficient (Wildman–Crippen LogP) is 3.12. The minimum Gasteiger partial charge on any atom is -0.326 e. The molecule has 0 atom stereocenters. The summed E-state index contributed by atoms with van der Waals surface area (Å²) in [5.74, 6) is 0. The van der Waals surface area contributed by atoms with E-state index in [4.69, 9.17) is 5.73 Å². The van der Waals surface area contributed by atoms with Crippen LogP contribution in [0.25, 0.3) is 11.1 Å². The van der Waals surface area contributed by atoms with Gasteiger partial charge in [0.2, 0.25) is 0 Å². The van der Waals surface area contributed by atoms with E-state index in [1.54, 1.807) is 0 Å². The Morgan fingerprint density at radius 1 is 0.933 bits per heavy atom. The van der Waals surface area contributed by atoms with Crippen LogP contribution in [-0.4, -0.2) is 0 Å². The topological polar surface area (TPSA) is 26.0 Å². The first-order valence-electron chi connectivity index (χ1n) is 5.16. The third-order valence-electron chi connectivity index (χ3n) is 2.65. The van der Waals surface area contributed by atoms with Crippen molar-refractivity contribution >= 4 is 0 Å². The fourth-order valence-electron chi connectivity index (χ4n) is 1.72. The smallest absolute Gasteiger partial charge is 0.0178 e. The number of hydrogen-bond donors (Lipinski definition) is 1. The maximum Gasteiger partial charge on any atom is 0.0178 e. The Balaban J connectivity index is 2.42. The van der Waals surface area contributed by atoms with Crippen LogP contribution in [0.15, 0.2) is 48.5 Å². The van der Waals surface area contributed by atoms with Gasteiger partial charge >= 0.3 is 0 Å². The highest BCUT2D eigenvalue weighted by Crippen LogP contribution is 2.22. The molecular formula is C14H15N. The van der Waals surface area contributed by atoms with E-state index < -0.39 is 0 Å². The first-order chi connectivity index (χ1) is 7.31. The molecule has 0 radical (unpaired) electrons. The van der Waals surface area contributed by atoms with Crippen LogP contribution in [0.5, 0.6) is 0 Å². The Labute approximate surface area is 90.6 Å². The van der Waals surface area contributed by atoms with Gasteiger partial charge in [0.1, 0.15) is 0 Å². The summed E-state index contributed by atoms with van der Waals surface area (Å²) < 4.78 is 0. The van der Waals surface area contributed by atoms with E-state index in [-0.39, 0.29) is 0 Å². The zero-order valence-electron chi connectivity index (χ0n) is 8.90. The van der Waals surface area contributed by atoms with E-state index in [0.29, 0.717) is 6.54 Å². The highest BCUT2D eigenvalue weighted by atomic mass is 14.5. The summed E-state index contributed by atoms with van der Waals surface area (Å²) in [6.45, 7) is 2.74. The van der Waals surface area contributed by atoms with Crippen molar-refractivity contribution in [1.29, 1.82) is 0 Å². The van der Waals surface area contributed by atoms with Gasteiger partial charge in [-0.1, -0.05) is 48.5 Å². The van der Waals surface area contributed by atoms with Crippen molar-refractivity contribution in [1.82, 2.24) is 0 Å². The summed E-state index contributed by atoms with van der Waals surface area (Å²) in [5.41, 5.74) is 10.6. The molecule has 15 heavy (non-hydrogen) atoms. The van der Waals surface area contributed by atoms with Crippen molar-refractivity contribution in [2.45, 2.75) is 13.5 Å². The van der Waals surface area contributed by atoms with Gasteiger partial charge in [-0.15, -0.1) is 0 Å². The number of hydrogen-bond acceptors (Lipinski definition) is 1. The maximum absolute atomic E-state index is 5.57. The van der Waals surface area contributed by atoms with Crippen molar-refractivity contribution < 1.29 is 0 Å². The van der Waals surface area contributed by atoms with Gasteiger partial charge in [-0.3, -0.25) is 0 Å². The van der Waals surface area contributed by atoms with Gasteiger partial charge in [-0.05, 0) is 29.2 Å². The molecule has 0 aliphatic heterocycles. The van der Waals surface area contributed by atoms with Crippen molar-refractivity contribution in [2.75, 3.05) is 0 Å². The predicted molar refractivity (Wildman–Crippen MR) is 64.5 cm³/mol. The van der Waals surface area contributed by atoms with Crippen LogP contribution in [-0.2, 0) is 6.54 Å². The van der Waals surface area contributed by atoms with Crippen LogP contribution in [0.4, 0.5) is 0 Å². The van der Waals surface area contributed by atoms with Crippen LogP contribution in [0, 0.1) is 6.92 Å².